The lowest BCUT2D eigenvalue weighted by Crippen LogP contribution is -2.21. The maximum absolute atomic E-state index is 5.05. The van der Waals surface area contributed by atoms with E-state index in [1.807, 2.05) is 0 Å². The maximum atomic E-state index is 5.05. The SMILES string of the molecule is B(c1cc2ncc(C3CCCCCCCCC3)nc2[nH]1)C1CCCCCCC1. The van der Waals surface area contributed by atoms with Gasteiger partial charge in [0.2, 0.25) is 0 Å². The Morgan fingerprint density at radius 3 is 1.96 bits per heavy atom. The first kappa shape index (κ1) is 20.0. The van der Waals surface area contributed by atoms with Crippen LogP contribution in [0, 0.1) is 0 Å². The monoisotopic (exact) mass is 379 g/mol. The lowest BCUT2D eigenvalue weighted by Gasteiger charge is -2.18. The van der Waals surface area contributed by atoms with Crippen LogP contribution in [-0.4, -0.2) is 22.2 Å². The van der Waals surface area contributed by atoms with Crippen LogP contribution in [0.25, 0.3) is 11.2 Å². The molecule has 0 bridgehead atoms. The zero-order chi connectivity index (χ0) is 19.0. The van der Waals surface area contributed by atoms with Crippen molar-refractivity contribution in [2.24, 2.45) is 0 Å². The summed E-state index contributed by atoms with van der Waals surface area (Å²) >= 11 is 0. The highest BCUT2D eigenvalue weighted by atomic mass is 14.9. The highest BCUT2D eigenvalue weighted by Crippen LogP contribution is 2.29. The number of H-pyrrole nitrogens is 1. The van der Waals surface area contributed by atoms with Crippen molar-refractivity contribution >= 4 is 24.0 Å². The molecular formula is C24H38BN3. The Balaban J connectivity index is 1.44. The summed E-state index contributed by atoms with van der Waals surface area (Å²) < 4.78 is 0. The van der Waals surface area contributed by atoms with Gasteiger partial charge in [-0.3, -0.25) is 4.98 Å². The second-order valence-electron chi connectivity index (χ2n) is 9.49. The molecular weight excluding hydrogens is 341 g/mol. The number of fused-ring (bicyclic) bond motifs is 1. The molecule has 28 heavy (non-hydrogen) atoms. The van der Waals surface area contributed by atoms with Crippen molar-refractivity contribution in [3.05, 3.63) is 18.0 Å². The van der Waals surface area contributed by atoms with Crippen LogP contribution in [0.4, 0.5) is 0 Å². The topological polar surface area (TPSA) is 41.6 Å². The summed E-state index contributed by atoms with van der Waals surface area (Å²) in [7, 11) is 1.18. The molecule has 4 rings (SSSR count). The Morgan fingerprint density at radius 1 is 0.750 bits per heavy atom. The second-order valence-corrected chi connectivity index (χ2v) is 9.49. The Labute approximate surface area is 171 Å². The molecule has 2 aromatic rings. The highest BCUT2D eigenvalue weighted by molar-refractivity contribution is 6.54. The van der Waals surface area contributed by atoms with E-state index in [2.05, 4.69) is 17.2 Å². The molecule has 2 fully saturated rings. The summed E-state index contributed by atoms with van der Waals surface area (Å²) in [6.45, 7) is 0. The van der Waals surface area contributed by atoms with E-state index in [0.717, 1.165) is 17.0 Å². The molecule has 2 aromatic heterocycles. The van der Waals surface area contributed by atoms with Gasteiger partial charge in [0, 0.05) is 12.1 Å². The molecule has 0 aromatic carbocycles. The predicted octanol–water partition coefficient (Wildman–Crippen LogP) is 6.16. The summed E-state index contributed by atoms with van der Waals surface area (Å²) in [5.74, 6) is 1.44. The molecule has 0 atom stereocenters. The lowest BCUT2D eigenvalue weighted by molar-refractivity contribution is 0.457. The van der Waals surface area contributed by atoms with Gasteiger partial charge in [0.25, 0.3) is 0 Å². The van der Waals surface area contributed by atoms with E-state index >= 15 is 0 Å². The van der Waals surface area contributed by atoms with Gasteiger partial charge in [0.05, 0.1) is 5.69 Å². The second kappa shape index (κ2) is 10.5. The van der Waals surface area contributed by atoms with Gasteiger partial charge in [0.1, 0.15) is 5.52 Å². The predicted molar refractivity (Wildman–Crippen MR) is 121 cm³/mol. The van der Waals surface area contributed by atoms with Crippen LogP contribution in [0.3, 0.4) is 0 Å². The first-order chi connectivity index (χ1) is 13.9. The summed E-state index contributed by atoms with van der Waals surface area (Å²) in [5, 5.41) is 0. The van der Waals surface area contributed by atoms with E-state index in [9.17, 15) is 0 Å². The van der Waals surface area contributed by atoms with Gasteiger partial charge >= 0.3 is 0 Å². The third-order valence-electron chi connectivity index (χ3n) is 7.17. The van der Waals surface area contributed by atoms with Gasteiger partial charge in [-0.25, -0.2) is 4.98 Å². The minimum absolute atomic E-state index is 0.604. The number of aromatic amines is 1. The zero-order valence-electron chi connectivity index (χ0n) is 17.7. The maximum Gasteiger partial charge on any atom is 0.182 e. The first-order valence-electron chi connectivity index (χ1n) is 12.2. The quantitative estimate of drug-likeness (QED) is 0.649. The normalized spacial score (nSPS) is 21.9. The standard InChI is InChI=1S/C24H38BN3/c1-2-5-9-13-19(14-10-6-3-1)22-18-26-21-17-23(28-24(21)27-22)25-20-15-11-7-4-8-12-16-20/h17-20,25H,1-16H2,(H,27,28). The molecule has 0 amide bonds. The van der Waals surface area contributed by atoms with Gasteiger partial charge in [-0.15, -0.1) is 0 Å². The largest absolute Gasteiger partial charge is 0.351 e. The molecule has 2 aliphatic carbocycles. The van der Waals surface area contributed by atoms with Gasteiger partial charge in [-0.05, 0) is 24.5 Å². The van der Waals surface area contributed by atoms with Crippen molar-refractivity contribution < 1.29 is 0 Å². The van der Waals surface area contributed by atoms with Crippen molar-refractivity contribution in [2.75, 3.05) is 0 Å². The third kappa shape index (κ3) is 5.61. The fourth-order valence-corrected chi connectivity index (χ4v) is 5.43. The Bertz CT molecular complexity index is 708. The molecule has 1 N–H and O–H groups in total. The van der Waals surface area contributed by atoms with E-state index in [0.29, 0.717) is 5.92 Å². The number of nitrogens with one attached hydrogen (secondary N) is 1. The number of hydrogen-bond acceptors (Lipinski definition) is 2. The fraction of sp³-hybridized carbons (Fsp3) is 0.750. The van der Waals surface area contributed by atoms with Crippen molar-refractivity contribution in [2.45, 2.75) is 114 Å². The minimum atomic E-state index is 0.604. The van der Waals surface area contributed by atoms with Crippen LogP contribution in [0.2, 0.25) is 5.82 Å². The highest BCUT2D eigenvalue weighted by Gasteiger charge is 2.18. The van der Waals surface area contributed by atoms with E-state index in [4.69, 9.17) is 9.97 Å². The summed E-state index contributed by atoms with van der Waals surface area (Å²) in [5.41, 5.74) is 4.66. The molecule has 0 saturated heterocycles. The number of hydrogen-bond donors (Lipinski definition) is 1. The molecule has 152 valence electrons. The summed E-state index contributed by atoms with van der Waals surface area (Å²) in [6, 6.07) is 2.26. The molecule has 0 unspecified atom stereocenters. The average Bonchev–Trinajstić information content (AvgIpc) is 3.09. The van der Waals surface area contributed by atoms with Crippen LogP contribution in [-0.2, 0) is 0 Å². The Morgan fingerprint density at radius 2 is 1.32 bits per heavy atom. The zero-order valence-corrected chi connectivity index (χ0v) is 17.7. The van der Waals surface area contributed by atoms with Crippen LogP contribution < -0.4 is 5.59 Å². The smallest absolute Gasteiger partial charge is 0.182 e. The van der Waals surface area contributed by atoms with E-state index in [-0.39, 0.29) is 0 Å². The van der Waals surface area contributed by atoms with Crippen molar-refractivity contribution in [3.63, 3.8) is 0 Å². The molecule has 0 aliphatic heterocycles. The molecule has 2 heterocycles. The number of aromatic nitrogens is 3. The molecule has 4 heteroatoms. The number of rotatable bonds is 3. The molecule has 0 spiro atoms. The van der Waals surface area contributed by atoms with Crippen LogP contribution >= 0.6 is 0 Å². The molecule has 2 aliphatic rings. The van der Waals surface area contributed by atoms with Crippen LogP contribution in [0.5, 0.6) is 0 Å². The fourth-order valence-electron chi connectivity index (χ4n) is 5.43. The lowest BCUT2D eigenvalue weighted by atomic mass is 9.58. The third-order valence-corrected chi connectivity index (χ3v) is 7.17. The molecule has 3 nitrogen and oxygen atoms in total. The van der Waals surface area contributed by atoms with Crippen LogP contribution in [0.15, 0.2) is 12.3 Å². The Hall–Kier alpha value is -1.32. The number of nitrogens with zero attached hydrogens (tertiary/aromatic N) is 2. The van der Waals surface area contributed by atoms with Gasteiger partial charge < -0.3 is 4.98 Å². The van der Waals surface area contributed by atoms with E-state index in [1.54, 1.807) is 0 Å². The van der Waals surface area contributed by atoms with Gasteiger partial charge in [-0.1, -0.05) is 95.7 Å². The Kier molecular flexibility index (Phi) is 7.46. The van der Waals surface area contributed by atoms with Gasteiger partial charge in [0.15, 0.2) is 12.9 Å². The summed E-state index contributed by atoms with van der Waals surface area (Å²) in [4.78, 5) is 13.5. The minimum Gasteiger partial charge on any atom is -0.351 e. The van der Waals surface area contributed by atoms with E-state index in [1.165, 1.54) is 121 Å². The van der Waals surface area contributed by atoms with Crippen molar-refractivity contribution in [1.82, 2.24) is 15.0 Å². The van der Waals surface area contributed by atoms with Gasteiger partial charge in [-0.2, -0.15) is 0 Å². The molecule has 2 saturated carbocycles. The molecule has 0 radical (unpaired) electrons. The van der Waals surface area contributed by atoms with Crippen molar-refractivity contribution in [1.29, 1.82) is 0 Å². The summed E-state index contributed by atoms with van der Waals surface area (Å²) in [6.07, 6.45) is 24.3. The van der Waals surface area contributed by atoms with E-state index < -0.39 is 0 Å². The first-order valence-corrected chi connectivity index (χ1v) is 12.2. The van der Waals surface area contributed by atoms with Crippen molar-refractivity contribution in [3.8, 4) is 0 Å². The average molecular weight is 379 g/mol. The van der Waals surface area contributed by atoms with Crippen LogP contribution in [0.1, 0.15) is 114 Å².